The van der Waals surface area contributed by atoms with E-state index in [1.165, 1.54) is 6.07 Å². The van der Waals surface area contributed by atoms with Gasteiger partial charge in [0.25, 0.3) is 0 Å². The number of anilines is 1. The lowest BCUT2D eigenvalue weighted by Crippen LogP contribution is -2.17. The molecule has 2 rings (SSSR count). The van der Waals surface area contributed by atoms with Crippen molar-refractivity contribution in [2.24, 2.45) is 7.05 Å². The highest BCUT2D eigenvalue weighted by Gasteiger charge is 2.31. The molecule has 0 unspecified atom stereocenters. The van der Waals surface area contributed by atoms with Crippen molar-refractivity contribution >= 4 is 21.6 Å². The van der Waals surface area contributed by atoms with Gasteiger partial charge in [-0.2, -0.15) is 5.10 Å². The number of benzene rings is 1. The summed E-state index contributed by atoms with van der Waals surface area (Å²) in [4.78, 5) is 0. The number of ether oxygens (including phenoxy) is 1. The molecule has 1 heterocycles. The molecule has 0 aliphatic carbocycles. The molecule has 0 fully saturated rings. The van der Waals surface area contributed by atoms with Crippen LogP contribution in [-0.4, -0.2) is 16.1 Å². The molecule has 0 saturated carbocycles. The third-order valence-electron chi connectivity index (χ3n) is 2.72. The van der Waals surface area contributed by atoms with Crippen molar-refractivity contribution in [1.29, 1.82) is 0 Å². The van der Waals surface area contributed by atoms with Crippen LogP contribution in [0.4, 0.5) is 18.9 Å². The molecule has 0 amide bonds. The summed E-state index contributed by atoms with van der Waals surface area (Å²) in [6, 6.07) is 4.44. The fourth-order valence-corrected chi connectivity index (χ4v) is 2.34. The Hall–Kier alpha value is -1.70. The van der Waals surface area contributed by atoms with Gasteiger partial charge in [-0.05, 0) is 40.5 Å². The van der Waals surface area contributed by atoms with Crippen LogP contribution in [0, 0.1) is 6.92 Å². The third kappa shape index (κ3) is 4.38. The zero-order valence-corrected chi connectivity index (χ0v) is 12.9. The van der Waals surface area contributed by atoms with Crippen molar-refractivity contribution in [2.45, 2.75) is 19.8 Å². The van der Waals surface area contributed by atoms with Gasteiger partial charge in [0, 0.05) is 19.8 Å². The second kappa shape index (κ2) is 5.97. The minimum atomic E-state index is -4.70. The molecule has 2 aromatic rings. The van der Waals surface area contributed by atoms with Crippen molar-refractivity contribution in [3.8, 4) is 5.75 Å². The summed E-state index contributed by atoms with van der Waals surface area (Å²) >= 11 is 3.08. The van der Waals surface area contributed by atoms with E-state index < -0.39 is 6.36 Å². The fourth-order valence-electron chi connectivity index (χ4n) is 1.83. The van der Waals surface area contributed by atoms with Gasteiger partial charge in [0.1, 0.15) is 5.75 Å². The van der Waals surface area contributed by atoms with E-state index in [2.05, 4.69) is 31.1 Å². The first-order valence-electron chi connectivity index (χ1n) is 6.03. The lowest BCUT2D eigenvalue weighted by molar-refractivity contribution is -0.274. The zero-order valence-electron chi connectivity index (χ0n) is 11.3. The van der Waals surface area contributed by atoms with Gasteiger partial charge in [-0.15, -0.1) is 13.2 Å². The average molecular weight is 364 g/mol. The third-order valence-corrected chi connectivity index (χ3v) is 3.34. The predicted molar refractivity (Wildman–Crippen MR) is 76.1 cm³/mol. The number of rotatable bonds is 4. The number of aryl methyl sites for hydroxylation is 2. The normalized spacial score (nSPS) is 11.5. The van der Waals surface area contributed by atoms with E-state index in [1.54, 1.807) is 16.8 Å². The molecular formula is C13H13BrF3N3O. The van der Waals surface area contributed by atoms with Gasteiger partial charge in [-0.3, -0.25) is 4.68 Å². The molecule has 1 N–H and O–H groups in total. The molecule has 0 aliphatic rings. The minimum Gasteiger partial charge on any atom is -0.405 e. The van der Waals surface area contributed by atoms with Gasteiger partial charge in [0.05, 0.1) is 15.9 Å². The first-order valence-corrected chi connectivity index (χ1v) is 6.82. The molecule has 1 aromatic heterocycles. The molecule has 0 bridgehead atoms. The van der Waals surface area contributed by atoms with E-state index in [4.69, 9.17) is 0 Å². The Bertz CT molecular complexity index is 640. The fraction of sp³-hybridized carbons (Fsp3) is 0.308. The highest BCUT2D eigenvalue weighted by Crippen LogP contribution is 2.31. The predicted octanol–water partition coefficient (Wildman–Crippen LogP) is 4.00. The van der Waals surface area contributed by atoms with Gasteiger partial charge < -0.3 is 10.1 Å². The van der Waals surface area contributed by atoms with Crippen LogP contribution in [0.3, 0.4) is 0 Å². The second-order valence-corrected chi connectivity index (χ2v) is 5.32. The number of aromatic nitrogens is 2. The molecule has 21 heavy (non-hydrogen) atoms. The molecule has 0 aliphatic heterocycles. The summed E-state index contributed by atoms with van der Waals surface area (Å²) in [6.07, 6.45) is -2.86. The van der Waals surface area contributed by atoms with Crippen LogP contribution in [0.5, 0.6) is 5.75 Å². The summed E-state index contributed by atoms with van der Waals surface area (Å²) < 4.78 is 42.4. The quantitative estimate of drug-likeness (QED) is 0.892. The highest BCUT2D eigenvalue weighted by molar-refractivity contribution is 9.10. The summed E-state index contributed by atoms with van der Waals surface area (Å²) in [5, 5.41) is 7.37. The van der Waals surface area contributed by atoms with Gasteiger partial charge in [-0.25, -0.2) is 0 Å². The Morgan fingerprint density at radius 2 is 2.10 bits per heavy atom. The van der Waals surface area contributed by atoms with Crippen LogP contribution >= 0.6 is 15.9 Å². The summed E-state index contributed by atoms with van der Waals surface area (Å²) in [5.74, 6) is -0.260. The van der Waals surface area contributed by atoms with Crippen molar-refractivity contribution < 1.29 is 17.9 Å². The molecule has 114 valence electrons. The maximum absolute atomic E-state index is 12.2. The highest BCUT2D eigenvalue weighted by atomic mass is 79.9. The molecular weight excluding hydrogens is 351 g/mol. The van der Waals surface area contributed by atoms with Crippen LogP contribution in [-0.2, 0) is 13.6 Å². The Morgan fingerprint density at radius 1 is 1.38 bits per heavy atom. The summed E-state index contributed by atoms with van der Waals surface area (Å²) in [6.45, 7) is 2.34. The molecule has 0 atom stereocenters. The largest absolute Gasteiger partial charge is 0.573 e. The first-order chi connectivity index (χ1) is 9.74. The van der Waals surface area contributed by atoms with Crippen molar-refractivity contribution in [3.05, 3.63) is 40.1 Å². The number of nitrogens with one attached hydrogen (secondary N) is 1. The standard InChI is InChI=1S/C13H13BrF3N3O/c1-8-11(7-20(2)19-8)18-6-9-3-4-12(10(14)5-9)21-13(15,16)17/h3-5,7,18H,6H2,1-2H3. The molecule has 8 heteroatoms. The van der Waals surface area contributed by atoms with Crippen molar-refractivity contribution in [1.82, 2.24) is 9.78 Å². The topological polar surface area (TPSA) is 39.1 Å². The maximum atomic E-state index is 12.2. The van der Waals surface area contributed by atoms with Gasteiger partial charge in [-0.1, -0.05) is 6.07 Å². The number of alkyl halides is 3. The van der Waals surface area contributed by atoms with Crippen molar-refractivity contribution in [2.75, 3.05) is 5.32 Å². The van der Waals surface area contributed by atoms with E-state index in [1.807, 2.05) is 20.2 Å². The molecule has 0 spiro atoms. The molecule has 0 radical (unpaired) electrons. The Balaban J connectivity index is 2.05. The zero-order chi connectivity index (χ0) is 15.6. The average Bonchev–Trinajstić information content (AvgIpc) is 2.67. The van der Waals surface area contributed by atoms with Crippen LogP contribution in [0.2, 0.25) is 0 Å². The minimum absolute atomic E-state index is 0.252. The Labute approximate surface area is 128 Å². The maximum Gasteiger partial charge on any atom is 0.573 e. The second-order valence-electron chi connectivity index (χ2n) is 4.47. The monoisotopic (exact) mass is 363 g/mol. The van der Waals surface area contributed by atoms with E-state index in [9.17, 15) is 13.2 Å². The van der Waals surface area contributed by atoms with Gasteiger partial charge in [0.2, 0.25) is 0 Å². The lowest BCUT2D eigenvalue weighted by atomic mass is 10.2. The van der Waals surface area contributed by atoms with E-state index in [0.29, 0.717) is 6.54 Å². The number of hydrogen-bond acceptors (Lipinski definition) is 3. The van der Waals surface area contributed by atoms with Crippen LogP contribution in [0.25, 0.3) is 0 Å². The molecule has 4 nitrogen and oxygen atoms in total. The summed E-state index contributed by atoms with van der Waals surface area (Å²) in [5.41, 5.74) is 2.55. The summed E-state index contributed by atoms with van der Waals surface area (Å²) in [7, 11) is 1.82. The first kappa shape index (κ1) is 15.7. The smallest absolute Gasteiger partial charge is 0.405 e. The SMILES string of the molecule is Cc1nn(C)cc1NCc1ccc(OC(F)(F)F)c(Br)c1. The van der Waals surface area contributed by atoms with Crippen LogP contribution in [0.15, 0.2) is 28.9 Å². The number of halogens is 4. The van der Waals surface area contributed by atoms with Gasteiger partial charge >= 0.3 is 6.36 Å². The lowest BCUT2D eigenvalue weighted by Gasteiger charge is -2.12. The van der Waals surface area contributed by atoms with Crippen LogP contribution in [0.1, 0.15) is 11.3 Å². The van der Waals surface area contributed by atoms with Gasteiger partial charge in [0.15, 0.2) is 0 Å². The Kier molecular flexibility index (Phi) is 4.46. The molecule has 0 saturated heterocycles. The van der Waals surface area contributed by atoms with E-state index in [0.717, 1.165) is 16.9 Å². The number of hydrogen-bond donors (Lipinski definition) is 1. The number of nitrogens with zero attached hydrogens (tertiary/aromatic N) is 2. The molecule has 1 aromatic carbocycles. The van der Waals surface area contributed by atoms with Crippen molar-refractivity contribution in [3.63, 3.8) is 0 Å². The Morgan fingerprint density at radius 3 is 2.62 bits per heavy atom. The van der Waals surface area contributed by atoms with E-state index >= 15 is 0 Å². The van der Waals surface area contributed by atoms with Crippen LogP contribution < -0.4 is 10.1 Å². The van der Waals surface area contributed by atoms with E-state index in [-0.39, 0.29) is 10.2 Å².